The molecule has 1 aromatic carbocycles. The molecule has 0 aliphatic heterocycles. The first-order valence-corrected chi connectivity index (χ1v) is 9.37. The van der Waals surface area contributed by atoms with Gasteiger partial charge in [0.2, 0.25) is 11.8 Å². The van der Waals surface area contributed by atoms with E-state index in [0.29, 0.717) is 45.8 Å². The molecule has 0 spiro atoms. The summed E-state index contributed by atoms with van der Waals surface area (Å²) in [6, 6.07) is 10.2. The lowest BCUT2D eigenvalue weighted by atomic mass is 10.1. The number of carbonyl (C=O) groups excluding carboxylic acids is 2. The van der Waals surface area contributed by atoms with Crippen molar-refractivity contribution in [2.75, 3.05) is 45.8 Å². The molecule has 0 heterocycles. The van der Waals surface area contributed by atoms with Gasteiger partial charge >= 0.3 is 0 Å². The van der Waals surface area contributed by atoms with Crippen LogP contribution in [0.4, 0.5) is 0 Å². The molecule has 1 rings (SSSR count). The Kier molecular flexibility index (Phi) is 9.85. The van der Waals surface area contributed by atoms with Crippen molar-refractivity contribution in [3.8, 4) is 0 Å². The Balaban J connectivity index is 2.74. The summed E-state index contributed by atoms with van der Waals surface area (Å²) in [5.74, 6) is 0.177. The number of amides is 2. The molecule has 2 amide bonds. The highest BCUT2D eigenvalue weighted by Crippen LogP contribution is 2.04. The summed E-state index contributed by atoms with van der Waals surface area (Å²) in [6.07, 6.45) is 0.831. The van der Waals surface area contributed by atoms with Crippen LogP contribution >= 0.6 is 0 Å². The number of nitrogens with zero attached hydrogens (tertiary/aromatic N) is 3. The Morgan fingerprint density at radius 3 is 1.60 bits per heavy atom. The molecule has 5 heteroatoms. The van der Waals surface area contributed by atoms with Crippen molar-refractivity contribution in [3.05, 3.63) is 35.9 Å². The van der Waals surface area contributed by atoms with Crippen LogP contribution in [0, 0.1) is 0 Å². The molecule has 5 nitrogen and oxygen atoms in total. The van der Waals surface area contributed by atoms with Gasteiger partial charge < -0.3 is 9.80 Å². The Hall–Kier alpha value is -1.88. The molecule has 0 aromatic heterocycles. The number of hydrogen-bond acceptors (Lipinski definition) is 3. The molecule has 0 fully saturated rings. The van der Waals surface area contributed by atoms with E-state index in [1.54, 1.807) is 0 Å². The summed E-state index contributed by atoms with van der Waals surface area (Å²) in [5.41, 5.74) is 1.22. The van der Waals surface area contributed by atoms with Crippen molar-refractivity contribution in [1.82, 2.24) is 14.7 Å². The average molecular weight is 348 g/mol. The molecule has 140 valence electrons. The second-order valence-electron chi connectivity index (χ2n) is 6.08. The van der Waals surface area contributed by atoms with Crippen LogP contribution < -0.4 is 0 Å². The van der Waals surface area contributed by atoms with Crippen molar-refractivity contribution in [3.63, 3.8) is 0 Å². The third-order valence-electron chi connectivity index (χ3n) is 4.51. The van der Waals surface area contributed by atoms with E-state index < -0.39 is 0 Å². The van der Waals surface area contributed by atoms with Crippen molar-refractivity contribution < 1.29 is 9.59 Å². The van der Waals surface area contributed by atoms with E-state index in [1.165, 1.54) is 5.56 Å². The number of likely N-dealkylation sites (N-methyl/N-ethyl adjacent to an activating group) is 2. The van der Waals surface area contributed by atoms with Crippen molar-refractivity contribution in [2.45, 2.75) is 34.1 Å². The van der Waals surface area contributed by atoms with Gasteiger partial charge in [0.1, 0.15) is 0 Å². The maximum absolute atomic E-state index is 12.5. The van der Waals surface area contributed by atoms with Crippen molar-refractivity contribution in [2.24, 2.45) is 0 Å². The topological polar surface area (TPSA) is 43.9 Å². The van der Waals surface area contributed by atoms with Gasteiger partial charge in [0.05, 0.1) is 13.1 Å². The summed E-state index contributed by atoms with van der Waals surface area (Å²) in [7, 11) is 0. The molecule has 0 aliphatic carbocycles. The zero-order valence-electron chi connectivity index (χ0n) is 16.2. The second-order valence-corrected chi connectivity index (χ2v) is 6.08. The fourth-order valence-corrected chi connectivity index (χ4v) is 2.88. The van der Waals surface area contributed by atoms with E-state index >= 15 is 0 Å². The van der Waals surface area contributed by atoms with E-state index in [9.17, 15) is 9.59 Å². The standard InChI is InChI=1S/C20H33N3O2/c1-5-22(6-2)19(24)16-21(17-20(25)23(7-3)8-4)15-14-18-12-10-9-11-13-18/h9-13H,5-8,14-17H2,1-4H3. The second kappa shape index (κ2) is 11.6. The lowest BCUT2D eigenvalue weighted by Crippen LogP contribution is -2.46. The van der Waals surface area contributed by atoms with Gasteiger partial charge in [-0.25, -0.2) is 0 Å². The summed E-state index contributed by atoms with van der Waals surface area (Å²) < 4.78 is 0. The van der Waals surface area contributed by atoms with Crippen molar-refractivity contribution in [1.29, 1.82) is 0 Å². The van der Waals surface area contributed by atoms with Gasteiger partial charge in [0.25, 0.3) is 0 Å². The number of hydrogen-bond donors (Lipinski definition) is 0. The smallest absolute Gasteiger partial charge is 0.236 e. The van der Waals surface area contributed by atoms with Crippen LogP contribution in [-0.4, -0.2) is 72.3 Å². The fourth-order valence-electron chi connectivity index (χ4n) is 2.88. The minimum absolute atomic E-state index is 0.0883. The number of carbonyl (C=O) groups is 2. The van der Waals surface area contributed by atoms with Gasteiger partial charge in [0.15, 0.2) is 0 Å². The monoisotopic (exact) mass is 347 g/mol. The summed E-state index contributed by atoms with van der Waals surface area (Å²) in [4.78, 5) is 30.6. The van der Waals surface area contributed by atoms with E-state index in [4.69, 9.17) is 0 Å². The maximum Gasteiger partial charge on any atom is 0.236 e. The predicted molar refractivity (Wildman–Crippen MR) is 102 cm³/mol. The van der Waals surface area contributed by atoms with Crippen LogP contribution in [-0.2, 0) is 16.0 Å². The van der Waals surface area contributed by atoms with Crippen LogP contribution in [0.25, 0.3) is 0 Å². The SMILES string of the molecule is CCN(CC)C(=O)CN(CCc1ccccc1)CC(=O)N(CC)CC. The van der Waals surface area contributed by atoms with Crippen LogP contribution in [0.1, 0.15) is 33.3 Å². The van der Waals surface area contributed by atoms with Crippen LogP contribution in [0.3, 0.4) is 0 Å². The zero-order chi connectivity index (χ0) is 18.7. The number of benzene rings is 1. The quantitative estimate of drug-likeness (QED) is 0.617. The van der Waals surface area contributed by atoms with Gasteiger partial charge in [-0.15, -0.1) is 0 Å². The van der Waals surface area contributed by atoms with Crippen LogP contribution in [0.2, 0.25) is 0 Å². The maximum atomic E-state index is 12.5. The molecule has 0 radical (unpaired) electrons. The number of rotatable bonds is 11. The zero-order valence-corrected chi connectivity index (χ0v) is 16.2. The predicted octanol–water partition coefficient (Wildman–Crippen LogP) is 2.27. The third-order valence-corrected chi connectivity index (χ3v) is 4.51. The van der Waals surface area contributed by atoms with E-state index in [-0.39, 0.29) is 11.8 Å². The van der Waals surface area contributed by atoms with Gasteiger partial charge in [0, 0.05) is 32.7 Å². The van der Waals surface area contributed by atoms with Crippen LogP contribution in [0.5, 0.6) is 0 Å². The summed E-state index contributed by atoms with van der Waals surface area (Å²) in [6.45, 7) is 12.0. The summed E-state index contributed by atoms with van der Waals surface area (Å²) >= 11 is 0. The fraction of sp³-hybridized carbons (Fsp3) is 0.600. The normalized spacial score (nSPS) is 10.8. The van der Waals surface area contributed by atoms with Gasteiger partial charge in [-0.05, 0) is 39.7 Å². The largest absolute Gasteiger partial charge is 0.342 e. The van der Waals surface area contributed by atoms with Crippen molar-refractivity contribution >= 4 is 11.8 Å². The highest BCUT2D eigenvalue weighted by atomic mass is 16.2. The molecule has 0 aliphatic rings. The lowest BCUT2D eigenvalue weighted by Gasteiger charge is -2.28. The Morgan fingerprint density at radius 1 is 0.760 bits per heavy atom. The first kappa shape index (κ1) is 21.2. The molecule has 0 atom stereocenters. The molecule has 0 bridgehead atoms. The Labute approximate surface area is 152 Å². The molecule has 0 saturated carbocycles. The minimum Gasteiger partial charge on any atom is -0.342 e. The molecule has 0 N–H and O–H groups in total. The first-order valence-electron chi connectivity index (χ1n) is 9.37. The van der Waals surface area contributed by atoms with E-state index in [0.717, 1.165) is 6.42 Å². The van der Waals surface area contributed by atoms with E-state index in [2.05, 4.69) is 12.1 Å². The molecule has 0 unspecified atom stereocenters. The summed E-state index contributed by atoms with van der Waals surface area (Å²) in [5, 5.41) is 0. The first-order chi connectivity index (χ1) is 12.0. The Bertz CT molecular complexity index is 485. The Morgan fingerprint density at radius 2 is 1.20 bits per heavy atom. The van der Waals surface area contributed by atoms with E-state index in [1.807, 2.05) is 60.6 Å². The molecule has 0 saturated heterocycles. The molecule has 25 heavy (non-hydrogen) atoms. The molecule has 1 aromatic rings. The lowest BCUT2D eigenvalue weighted by molar-refractivity contribution is -0.135. The average Bonchev–Trinajstić information content (AvgIpc) is 2.62. The van der Waals surface area contributed by atoms with Crippen LogP contribution in [0.15, 0.2) is 30.3 Å². The highest BCUT2D eigenvalue weighted by Gasteiger charge is 2.19. The third kappa shape index (κ3) is 7.26. The molecular weight excluding hydrogens is 314 g/mol. The van der Waals surface area contributed by atoms with Gasteiger partial charge in [-0.1, -0.05) is 30.3 Å². The minimum atomic E-state index is 0.0883. The molecular formula is C20H33N3O2. The highest BCUT2D eigenvalue weighted by molar-refractivity contribution is 5.81. The van der Waals surface area contributed by atoms with Gasteiger partial charge in [-0.2, -0.15) is 0 Å². The van der Waals surface area contributed by atoms with Gasteiger partial charge in [-0.3, -0.25) is 14.5 Å².